The van der Waals surface area contributed by atoms with Crippen LogP contribution in [0.1, 0.15) is 13.3 Å². The van der Waals surface area contributed by atoms with Crippen molar-refractivity contribution >= 4 is 37.8 Å². The van der Waals surface area contributed by atoms with Gasteiger partial charge in [0.2, 0.25) is 0 Å². The van der Waals surface area contributed by atoms with E-state index < -0.39 is 22.2 Å². The Morgan fingerprint density at radius 3 is 2.45 bits per heavy atom. The fourth-order valence-corrected chi connectivity index (χ4v) is 1.80. The molecular weight excluding hydrogens is 290 g/mol. The van der Waals surface area contributed by atoms with Crippen LogP contribution in [0.2, 0.25) is 0 Å². The Bertz CT molecular complexity index is 146. The molecule has 1 unspecified atom stereocenters. The van der Waals surface area contributed by atoms with Crippen molar-refractivity contribution in [3.8, 4) is 0 Å². The molecule has 0 aliphatic rings. The molecule has 1 atom stereocenters. The first-order valence-electron chi connectivity index (χ1n) is 2.69. The number of rotatable bonds is 3. The minimum absolute atomic E-state index is 0.591. The first-order chi connectivity index (χ1) is 4.81. The summed E-state index contributed by atoms with van der Waals surface area (Å²) in [6, 6.07) is 0. The fraction of sp³-hybridized carbons (Fsp3) is 0.800. The second-order valence-corrected chi connectivity index (χ2v) is 4.02. The maximum Gasteiger partial charge on any atom is 0.305 e. The molecule has 0 rings (SSSR count). The first kappa shape index (κ1) is 11.3. The number of carbonyl (C=O) groups is 1. The molecule has 0 saturated carbocycles. The number of alkyl halides is 4. The van der Waals surface area contributed by atoms with E-state index in [0.717, 1.165) is 6.92 Å². The van der Waals surface area contributed by atoms with E-state index in [4.69, 9.17) is 0 Å². The van der Waals surface area contributed by atoms with Gasteiger partial charge in [0.1, 0.15) is 0 Å². The Morgan fingerprint density at radius 1 is 1.73 bits per heavy atom. The van der Waals surface area contributed by atoms with Gasteiger partial charge in [-0.25, -0.2) is 0 Å². The highest BCUT2D eigenvalue weighted by molar-refractivity contribution is 9.10. The molecule has 0 fully saturated rings. The molecule has 0 heterocycles. The van der Waals surface area contributed by atoms with Gasteiger partial charge < -0.3 is 4.74 Å². The van der Waals surface area contributed by atoms with Gasteiger partial charge in [-0.15, -0.1) is 0 Å². The molecule has 0 aliphatic carbocycles. The third kappa shape index (κ3) is 8.19. The lowest BCUT2D eigenvalue weighted by Gasteiger charge is -2.13. The van der Waals surface area contributed by atoms with Crippen LogP contribution in [-0.2, 0) is 9.53 Å². The third-order valence-corrected chi connectivity index (χ3v) is 1.52. The lowest BCUT2D eigenvalue weighted by atomic mass is 10.5. The van der Waals surface area contributed by atoms with Crippen molar-refractivity contribution in [1.29, 1.82) is 0 Å². The van der Waals surface area contributed by atoms with Gasteiger partial charge in [0.15, 0.2) is 5.01 Å². The summed E-state index contributed by atoms with van der Waals surface area (Å²) in [4.78, 5) is 7.22. The van der Waals surface area contributed by atoms with Crippen molar-refractivity contribution in [2.24, 2.45) is 0 Å². The van der Waals surface area contributed by atoms with E-state index in [1.54, 1.807) is 0 Å². The number of halogens is 4. The minimum atomic E-state index is -3.00. The molecule has 0 amide bonds. The van der Waals surface area contributed by atoms with Gasteiger partial charge in [-0.2, -0.15) is 8.78 Å². The van der Waals surface area contributed by atoms with Crippen LogP contribution in [0.5, 0.6) is 0 Å². The molecule has 2 nitrogen and oxygen atoms in total. The van der Waals surface area contributed by atoms with Crippen LogP contribution in [0.25, 0.3) is 0 Å². The van der Waals surface area contributed by atoms with Crippen molar-refractivity contribution in [1.82, 2.24) is 0 Å². The molecular formula is C5H6Br2F2O2. The quantitative estimate of drug-likeness (QED) is 0.591. The van der Waals surface area contributed by atoms with Crippen molar-refractivity contribution in [2.45, 2.75) is 23.2 Å². The first-order valence-corrected chi connectivity index (χ1v) is 4.40. The smallest absolute Gasteiger partial charge is 0.305 e. The molecule has 0 radical (unpaired) electrons. The Hall–Kier alpha value is 0.290. The standard InChI is InChI=1S/C5H6Br2F2O2/c1-3(10)11-4(6)2-5(7,8)9/h4H,2H2,1H3. The van der Waals surface area contributed by atoms with E-state index in [1.165, 1.54) is 0 Å². The van der Waals surface area contributed by atoms with Crippen LogP contribution in [-0.4, -0.2) is 15.8 Å². The molecule has 0 aromatic rings. The summed E-state index contributed by atoms with van der Waals surface area (Å²) in [6.45, 7) is 1.15. The summed E-state index contributed by atoms with van der Waals surface area (Å²) in [6.07, 6.45) is -0.591. The van der Waals surface area contributed by atoms with E-state index >= 15 is 0 Å². The molecule has 0 bridgehead atoms. The van der Waals surface area contributed by atoms with Crippen molar-refractivity contribution in [3.63, 3.8) is 0 Å². The zero-order valence-electron chi connectivity index (χ0n) is 5.61. The molecule has 66 valence electrons. The summed E-state index contributed by atoms with van der Waals surface area (Å²) in [7, 11) is 0. The van der Waals surface area contributed by atoms with Gasteiger partial charge in [-0.1, -0.05) is 0 Å². The van der Waals surface area contributed by atoms with Crippen LogP contribution in [0.3, 0.4) is 0 Å². The minimum Gasteiger partial charge on any atom is -0.451 e. The number of ether oxygens (including phenoxy) is 1. The SMILES string of the molecule is CC(=O)OC(Br)CC(F)(F)Br. The summed E-state index contributed by atoms with van der Waals surface area (Å²) < 4.78 is 28.6. The van der Waals surface area contributed by atoms with Crippen LogP contribution >= 0.6 is 31.9 Å². The average molecular weight is 296 g/mol. The van der Waals surface area contributed by atoms with E-state index in [-0.39, 0.29) is 0 Å². The largest absolute Gasteiger partial charge is 0.451 e. The lowest BCUT2D eigenvalue weighted by Crippen LogP contribution is -2.17. The second kappa shape index (κ2) is 4.35. The van der Waals surface area contributed by atoms with Crippen LogP contribution in [0.4, 0.5) is 8.78 Å². The van der Waals surface area contributed by atoms with Gasteiger partial charge in [-0.3, -0.25) is 4.79 Å². The number of hydrogen-bond donors (Lipinski definition) is 0. The monoisotopic (exact) mass is 294 g/mol. The normalized spacial score (nSPS) is 14.3. The lowest BCUT2D eigenvalue weighted by molar-refractivity contribution is -0.143. The van der Waals surface area contributed by atoms with Crippen LogP contribution in [0.15, 0.2) is 0 Å². The zero-order chi connectivity index (χ0) is 9.07. The maximum absolute atomic E-state index is 12.1. The molecule has 0 N–H and O–H groups in total. The number of hydrogen-bond acceptors (Lipinski definition) is 2. The van der Waals surface area contributed by atoms with Gasteiger partial charge in [0.05, 0.1) is 6.42 Å². The molecule has 0 aliphatic heterocycles. The van der Waals surface area contributed by atoms with Crippen molar-refractivity contribution in [3.05, 3.63) is 0 Å². The number of esters is 1. The molecule has 11 heavy (non-hydrogen) atoms. The highest BCUT2D eigenvalue weighted by Crippen LogP contribution is 2.30. The topological polar surface area (TPSA) is 26.3 Å². The summed E-state index contributed by atoms with van der Waals surface area (Å²) in [5, 5.41) is -0.950. The summed E-state index contributed by atoms with van der Waals surface area (Å²) in [5.41, 5.74) is 0. The van der Waals surface area contributed by atoms with Crippen LogP contribution < -0.4 is 0 Å². The zero-order valence-corrected chi connectivity index (χ0v) is 8.78. The molecule has 0 spiro atoms. The van der Waals surface area contributed by atoms with E-state index in [9.17, 15) is 13.6 Å². The third-order valence-electron chi connectivity index (χ3n) is 0.686. The van der Waals surface area contributed by atoms with E-state index in [1.807, 2.05) is 0 Å². The Morgan fingerprint density at radius 2 is 2.18 bits per heavy atom. The molecule has 0 aromatic heterocycles. The van der Waals surface area contributed by atoms with E-state index in [2.05, 4.69) is 36.6 Å². The Balaban J connectivity index is 3.69. The Labute approximate surface area is 79.5 Å². The highest BCUT2D eigenvalue weighted by atomic mass is 79.9. The predicted octanol–water partition coefficient (Wildman–Crippen LogP) is 2.65. The van der Waals surface area contributed by atoms with Gasteiger partial charge in [0.25, 0.3) is 0 Å². The maximum atomic E-state index is 12.1. The molecule has 0 aromatic carbocycles. The average Bonchev–Trinajstić information content (AvgIpc) is 1.53. The fourth-order valence-electron chi connectivity index (χ4n) is 0.404. The van der Waals surface area contributed by atoms with Gasteiger partial charge in [0, 0.05) is 6.92 Å². The summed E-state index contributed by atoms with van der Waals surface area (Å²) in [5.74, 6) is -0.594. The van der Waals surface area contributed by atoms with E-state index in [0.29, 0.717) is 0 Å². The molecule has 0 saturated heterocycles. The van der Waals surface area contributed by atoms with Crippen molar-refractivity contribution in [2.75, 3.05) is 0 Å². The Kier molecular flexibility index (Phi) is 4.46. The number of carbonyl (C=O) groups excluding carboxylic acids is 1. The highest BCUT2D eigenvalue weighted by Gasteiger charge is 2.29. The second-order valence-electron chi connectivity index (χ2n) is 1.84. The molecule has 6 heteroatoms. The van der Waals surface area contributed by atoms with Crippen LogP contribution in [0, 0.1) is 0 Å². The predicted molar refractivity (Wildman–Crippen MR) is 43.0 cm³/mol. The van der Waals surface area contributed by atoms with Crippen molar-refractivity contribution < 1.29 is 18.3 Å². The summed E-state index contributed by atoms with van der Waals surface area (Å²) >= 11 is 4.88. The van der Waals surface area contributed by atoms with Gasteiger partial charge >= 0.3 is 10.8 Å². The van der Waals surface area contributed by atoms with Gasteiger partial charge in [-0.05, 0) is 31.9 Å².